The molecule has 2 atom stereocenters. The lowest BCUT2D eigenvalue weighted by molar-refractivity contribution is 0.0830. The minimum Gasteiger partial charge on any atom is -0.446 e. The van der Waals surface area contributed by atoms with Gasteiger partial charge in [0, 0.05) is 6.42 Å². The first kappa shape index (κ1) is 9.63. The molecule has 0 heterocycles. The highest BCUT2D eigenvalue weighted by molar-refractivity contribution is 5.65. The lowest BCUT2D eigenvalue weighted by atomic mass is 10.3. The molecule has 1 aliphatic rings. The number of hydrogen-bond acceptors (Lipinski definition) is 4. The van der Waals surface area contributed by atoms with Crippen molar-refractivity contribution >= 4 is 12.2 Å². The summed E-state index contributed by atoms with van der Waals surface area (Å²) in [5.41, 5.74) is 9.65. The quantitative estimate of drug-likeness (QED) is 0.640. The van der Waals surface area contributed by atoms with Crippen molar-refractivity contribution in [2.45, 2.75) is 31.5 Å². The Labute approximate surface area is 75.2 Å². The molecule has 0 bridgehead atoms. The lowest BCUT2D eigenvalue weighted by Crippen LogP contribution is -2.23. The van der Waals surface area contributed by atoms with Crippen molar-refractivity contribution in [2.75, 3.05) is 0 Å². The highest BCUT2D eigenvalue weighted by Gasteiger charge is 2.29. The van der Waals surface area contributed by atoms with E-state index in [0.717, 1.165) is 0 Å². The highest BCUT2D eigenvalue weighted by Crippen LogP contribution is 2.24. The first-order valence-electron chi connectivity index (χ1n) is 4.00. The van der Waals surface area contributed by atoms with Crippen molar-refractivity contribution in [1.82, 2.24) is 0 Å². The van der Waals surface area contributed by atoms with Crippen LogP contribution in [0.5, 0.6) is 0 Å². The molecule has 1 saturated carbocycles. The average Bonchev–Trinajstić information content (AvgIpc) is 2.33. The Morgan fingerprint density at radius 2 is 1.38 bits per heavy atom. The van der Waals surface area contributed by atoms with Crippen LogP contribution in [0.3, 0.4) is 0 Å². The number of amides is 2. The number of carbonyl (C=O) groups is 2. The van der Waals surface area contributed by atoms with Crippen LogP contribution in [-0.2, 0) is 9.47 Å². The van der Waals surface area contributed by atoms with E-state index in [4.69, 9.17) is 20.9 Å². The largest absolute Gasteiger partial charge is 0.446 e. The van der Waals surface area contributed by atoms with Gasteiger partial charge >= 0.3 is 12.2 Å². The third-order valence-corrected chi connectivity index (χ3v) is 1.90. The van der Waals surface area contributed by atoms with Crippen LogP contribution in [0.15, 0.2) is 0 Å². The van der Waals surface area contributed by atoms with Gasteiger partial charge in [-0.1, -0.05) is 0 Å². The molecule has 0 radical (unpaired) electrons. The van der Waals surface area contributed by atoms with Gasteiger partial charge in [0.1, 0.15) is 12.2 Å². The number of hydrogen-bond donors (Lipinski definition) is 2. The number of rotatable bonds is 2. The summed E-state index contributed by atoms with van der Waals surface area (Å²) in [5, 5.41) is 0. The van der Waals surface area contributed by atoms with Gasteiger partial charge in [-0.05, 0) is 12.8 Å². The topological polar surface area (TPSA) is 105 Å². The smallest absolute Gasteiger partial charge is 0.404 e. The molecule has 0 saturated heterocycles. The van der Waals surface area contributed by atoms with Crippen molar-refractivity contribution < 1.29 is 19.1 Å². The van der Waals surface area contributed by atoms with Gasteiger partial charge in [-0.25, -0.2) is 9.59 Å². The Kier molecular flexibility index (Phi) is 2.94. The lowest BCUT2D eigenvalue weighted by Gasteiger charge is -2.10. The first-order chi connectivity index (χ1) is 6.08. The van der Waals surface area contributed by atoms with Crippen molar-refractivity contribution in [1.29, 1.82) is 0 Å². The second-order valence-electron chi connectivity index (χ2n) is 2.93. The molecule has 6 heteroatoms. The first-order valence-corrected chi connectivity index (χ1v) is 4.00. The maximum Gasteiger partial charge on any atom is 0.404 e. The SMILES string of the molecule is NC(=O)O[C@@H]1CC[C@H](OC(N)=O)C1. The van der Waals surface area contributed by atoms with Crippen LogP contribution in [0, 0.1) is 0 Å². The van der Waals surface area contributed by atoms with Gasteiger partial charge in [0.2, 0.25) is 0 Å². The van der Waals surface area contributed by atoms with Crippen molar-refractivity contribution in [3.63, 3.8) is 0 Å². The molecular weight excluding hydrogens is 176 g/mol. The summed E-state index contributed by atoms with van der Waals surface area (Å²) in [4.78, 5) is 20.7. The average molecular weight is 188 g/mol. The maximum absolute atomic E-state index is 10.4. The second kappa shape index (κ2) is 3.97. The fourth-order valence-corrected chi connectivity index (χ4v) is 1.44. The van der Waals surface area contributed by atoms with Crippen LogP contribution < -0.4 is 11.5 Å². The molecule has 0 aliphatic heterocycles. The molecule has 0 aromatic heterocycles. The standard InChI is InChI=1S/C7H12N2O4/c8-6(10)12-4-1-2-5(3-4)13-7(9)11/h4-5H,1-3H2,(H2,8,10)(H2,9,11)/t4-,5+. The van der Waals surface area contributed by atoms with E-state index >= 15 is 0 Å². The number of carbonyl (C=O) groups excluding carboxylic acids is 2. The predicted molar refractivity (Wildman–Crippen MR) is 42.8 cm³/mol. The van der Waals surface area contributed by atoms with E-state index in [1.54, 1.807) is 0 Å². The van der Waals surface area contributed by atoms with Crippen molar-refractivity contribution in [2.24, 2.45) is 11.5 Å². The Morgan fingerprint density at radius 1 is 1.00 bits per heavy atom. The van der Waals surface area contributed by atoms with Crippen LogP contribution in [-0.4, -0.2) is 24.4 Å². The fourth-order valence-electron chi connectivity index (χ4n) is 1.44. The maximum atomic E-state index is 10.4. The van der Waals surface area contributed by atoms with Crippen LogP contribution in [0.25, 0.3) is 0 Å². The summed E-state index contributed by atoms with van der Waals surface area (Å²) in [5.74, 6) is 0. The van der Waals surface area contributed by atoms with E-state index in [1.807, 2.05) is 0 Å². The molecule has 0 aromatic carbocycles. The molecular formula is C7H12N2O4. The molecule has 0 aromatic rings. The van der Waals surface area contributed by atoms with Gasteiger partial charge in [-0.2, -0.15) is 0 Å². The molecule has 2 amide bonds. The molecule has 74 valence electrons. The molecule has 1 fully saturated rings. The van der Waals surface area contributed by atoms with Gasteiger partial charge in [-0.3, -0.25) is 0 Å². The monoisotopic (exact) mass is 188 g/mol. The van der Waals surface area contributed by atoms with Crippen LogP contribution in [0.2, 0.25) is 0 Å². The molecule has 13 heavy (non-hydrogen) atoms. The highest BCUT2D eigenvalue weighted by atomic mass is 16.6. The molecule has 0 spiro atoms. The van der Waals surface area contributed by atoms with E-state index in [1.165, 1.54) is 0 Å². The fraction of sp³-hybridized carbons (Fsp3) is 0.714. The Bertz CT molecular complexity index is 197. The van der Waals surface area contributed by atoms with Crippen molar-refractivity contribution in [3.8, 4) is 0 Å². The van der Waals surface area contributed by atoms with E-state index < -0.39 is 12.2 Å². The van der Waals surface area contributed by atoms with Crippen molar-refractivity contribution in [3.05, 3.63) is 0 Å². The van der Waals surface area contributed by atoms with Crippen LogP contribution in [0.4, 0.5) is 9.59 Å². The van der Waals surface area contributed by atoms with Gasteiger partial charge in [-0.15, -0.1) is 0 Å². The number of nitrogens with two attached hydrogens (primary N) is 2. The second-order valence-corrected chi connectivity index (χ2v) is 2.93. The summed E-state index contributed by atoms with van der Waals surface area (Å²) in [7, 11) is 0. The van der Waals surface area contributed by atoms with Crippen LogP contribution >= 0.6 is 0 Å². The minimum atomic E-state index is -0.801. The van der Waals surface area contributed by atoms with Gasteiger partial charge < -0.3 is 20.9 Å². The summed E-state index contributed by atoms with van der Waals surface area (Å²) in [6.07, 6.45) is -0.314. The van der Waals surface area contributed by atoms with E-state index in [-0.39, 0.29) is 12.2 Å². The zero-order valence-electron chi connectivity index (χ0n) is 7.06. The number of ether oxygens (including phenoxy) is 2. The summed E-state index contributed by atoms with van der Waals surface area (Å²) in [6, 6.07) is 0. The zero-order valence-corrected chi connectivity index (χ0v) is 7.06. The van der Waals surface area contributed by atoms with Crippen LogP contribution in [0.1, 0.15) is 19.3 Å². The van der Waals surface area contributed by atoms with E-state index in [0.29, 0.717) is 19.3 Å². The van der Waals surface area contributed by atoms with Gasteiger partial charge in [0.15, 0.2) is 0 Å². The van der Waals surface area contributed by atoms with E-state index in [9.17, 15) is 9.59 Å². The molecule has 0 unspecified atom stereocenters. The minimum absolute atomic E-state index is 0.248. The zero-order chi connectivity index (χ0) is 9.84. The normalized spacial score (nSPS) is 26.8. The third kappa shape index (κ3) is 3.18. The van der Waals surface area contributed by atoms with E-state index in [2.05, 4.69) is 0 Å². The van der Waals surface area contributed by atoms with Gasteiger partial charge in [0.05, 0.1) is 0 Å². The Balaban J connectivity index is 2.27. The molecule has 1 rings (SSSR count). The Morgan fingerprint density at radius 3 is 1.69 bits per heavy atom. The Hall–Kier alpha value is -1.46. The predicted octanol–water partition coefficient (Wildman–Crippen LogP) is 0.0981. The number of primary amides is 2. The summed E-state index contributed by atoms with van der Waals surface area (Å²) < 4.78 is 9.46. The third-order valence-electron chi connectivity index (χ3n) is 1.90. The van der Waals surface area contributed by atoms with Gasteiger partial charge in [0.25, 0.3) is 0 Å². The summed E-state index contributed by atoms with van der Waals surface area (Å²) in [6.45, 7) is 0. The molecule has 1 aliphatic carbocycles. The summed E-state index contributed by atoms with van der Waals surface area (Å²) >= 11 is 0. The molecule has 4 N–H and O–H groups in total. The molecule has 6 nitrogen and oxygen atoms in total.